The largest absolute Gasteiger partial charge is 0.456 e. The lowest BCUT2D eigenvalue weighted by atomic mass is 9.96. The van der Waals surface area contributed by atoms with Gasteiger partial charge < -0.3 is 13.7 Å². The van der Waals surface area contributed by atoms with Crippen molar-refractivity contribution in [1.29, 1.82) is 0 Å². The number of hydrogen-bond donors (Lipinski definition) is 0. The molecule has 2 heterocycles. The van der Waals surface area contributed by atoms with Crippen LogP contribution in [-0.4, -0.2) is 0 Å². The second-order valence-electron chi connectivity index (χ2n) is 12.1. The molecule has 0 amide bonds. The zero-order valence-corrected chi connectivity index (χ0v) is 25.4. The maximum absolute atomic E-state index is 6.62. The predicted molar refractivity (Wildman–Crippen MR) is 196 cm³/mol. The Bertz CT molecular complexity index is 2810. The molecule has 0 atom stereocenters. The summed E-state index contributed by atoms with van der Waals surface area (Å²) >= 11 is 0. The monoisotopic (exact) mass is 601 g/mol. The van der Waals surface area contributed by atoms with Crippen molar-refractivity contribution in [2.24, 2.45) is 0 Å². The minimum atomic E-state index is 0.861. The summed E-state index contributed by atoms with van der Waals surface area (Å²) in [5.41, 5.74) is 8.97. The highest BCUT2D eigenvalue weighted by molar-refractivity contribution is 6.27. The van der Waals surface area contributed by atoms with Crippen LogP contribution in [0.25, 0.3) is 76.5 Å². The molecule has 0 aliphatic carbocycles. The molecule has 8 aromatic carbocycles. The number of hydrogen-bond acceptors (Lipinski definition) is 3. The Kier molecular flexibility index (Phi) is 5.57. The number of fused-ring (bicyclic) bond motifs is 10. The summed E-state index contributed by atoms with van der Waals surface area (Å²) in [6, 6.07) is 57.8. The van der Waals surface area contributed by atoms with Crippen molar-refractivity contribution in [1.82, 2.24) is 0 Å². The molecule has 0 radical (unpaired) electrons. The predicted octanol–water partition coefficient (Wildman–Crippen LogP) is 12.9. The van der Waals surface area contributed by atoms with Gasteiger partial charge >= 0.3 is 0 Å². The molecule has 0 bridgehead atoms. The molecule has 220 valence electrons. The molecule has 0 aliphatic rings. The van der Waals surface area contributed by atoms with Crippen molar-refractivity contribution in [2.75, 3.05) is 4.90 Å². The minimum absolute atomic E-state index is 0.861. The lowest BCUT2D eigenvalue weighted by Crippen LogP contribution is -2.10. The van der Waals surface area contributed by atoms with Crippen LogP contribution in [0.2, 0.25) is 0 Å². The van der Waals surface area contributed by atoms with E-state index in [0.717, 1.165) is 66.5 Å². The van der Waals surface area contributed by atoms with Crippen LogP contribution in [0.5, 0.6) is 0 Å². The van der Waals surface area contributed by atoms with Gasteiger partial charge in [-0.25, -0.2) is 0 Å². The lowest BCUT2D eigenvalue weighted by Gasteiger charge is -2.26. The second kappa shape index (κ2) is 10.1. The summed E-state index contributed by atoms with van der Waals surface area (Å²) in [5.74, 6) is 0. The van der Waals surface area contributed by atoms with Gasteiger partial charge in [-0.1, -0.05) is 115 Å². The third kappa shape index (κ3) is 4.00. The smallest absolute Gasteiger partial charge is 0.159 e. The highest BCUT2D eigenvalue weighted by Crippen LogP contribution is 2.45. The normalized spacial score (nSPS) is 11.8. The third-order valence-corrected chi connectivity index (χ3v) is 9.42. The van der Waals surface area contributed by atoms with Gasteiger partial charge in [-0.2, -0.15) is 0 Å². The Morgan fingerprint density at radius 2 is 1.02 bits per heavy atom. The van der Waals surface area contributed by atoms with E-state index in [9.17, 15) is 0 Å². The molecule has 3 nitrogen and oxygen atoms in total. The average molecular weight is 602 g/mol. The zero-order chi connectivity index (χ0) is 30.9. The van der Waals surface area contributed by atoms with E-state index >= 15 is 0 Å². The topological polar surface area (TPSA) is 29.5 Å². The van der Waals surface area contributed by atoms with Crippen molar-refractivity contribution in [3.63, 3.8) is 0 Å². The van der Waals surface area contributed by atoms with Crippen LogP contribution in [0.4, 0.5) is 17.1 Å². The Balaban J connectivity index is 1.28. The van der Waals surface area contributed by atoms with E-state index in [1.807, 2.05) is 24.3 Å². The lowest BCUT2D eigenvalue weighted by molar-refractivity contribution is 0.669. The third-order valence-electron chi connectivity index (χ3n) is 9.42. The van der Waals surface area contributed by atoms with E-state index in [1.54, 1.807) is 0 Å². The number of benzene rings is 8. The number of furan rings is 2. The maximum Gasteiger partial charge on any atom is 0.159 e. The fourth-order valence-electron chi connectivity index (χ4n) is 7.28. The summed E-state index contributed by atoms with van der Waals surface area (Å²) < 4.78 is 13.0. The van der Waals surface area contributed by atoms with Crippen LogP contribution in [0.3, 0.4) is 0 Å². The molecule has 10 aromatic rings. The van der Waals surface area contributed by atoms with Gasteiger partial charge in [0.25, 0.3) is 0 Å². The zero-order valence-electron chi connectivity index (χ0n) is 25.4. The number of nitrogens with zero attached hydrogens (tertiary/aromatic N) is 1. The molecule has 0 spiro atoms. The molecule has 2 aromatic heterocycles. The van der Waals surface area contributed by atoms with Gasteiger partial charge in [0.05, 0.1) is 5.69 Å². The molecule has 0 N–H and O–H groups in total. The van der Waals surface area contributed by atoms with Crippen molar-refractivity contribution in [3.8, 4) is 11.1 Å². The summed E-state index contributed by atoms with van der Waals surface area (Å²) in [6.45, 7) is 0. The van der Waals surface area contributed by atoms with Crippen LogP contribution in [-0.2, 0) is 0 Å². The fourth-order valence-corrected chi connectivity index (χ4v) is 7.28. The first-order valence-corrected chi connectivity index (χ1v) is 15.9. The van der Waals surface area contributed by atoms with E-state index in [4.69, 9.17) is 8.83 Å². The highest BCUT2D eigenvalue weighted by atomic mass is 16.3. The van der Waals surface area contributed by atoms with E-state index < -0.39 is 0 Å². The van der Waals surface area contributed by atoms with Crippen LogP contribution in [0, 0.1) is 0 Å². The van der Waals surface area contributed by atoms with Crippen molar-refractivity contribution in [2.45, 2.75) is 0 Å². The van der Waals surface area contributed by atoms with E-state index in [1.165, 1.54) is 27.1 Å². The molecule has 0 unspecified atom stereocenters. The minimum Gasteiger partial charge on any atom is -0.456 e. The molecule has 10 rings (SSSR count). The Hall–Kier alpha value is -6.32. The van der Waals surface area contributed by atoms with Crippen molar-refractivity contribution < 1.29 is 8.83 Å². The first-order valence-electron chi connectivity index (χ1n) is 15.9. The highest BCUT2D eigenvalue weighted by Gasteiger charge is 2.21. The Morgan fingerprint density at radius 1 is 0.362 bits per heavy atom. The quantitative estimate of drug-likeness (QED) is 0.188. The SMILES string of the molecule is c1ccc(-c2cccc(N(c3ccc4ccc5ccc6oc7ccccc7c6c5c4c3)c3cccc4c3oc3ccccc34)c2)cc1. The van der Waals surface area contributed by atoms with E-state index in [0.29, 0.717) is 0 Å². The van der Waals surface area contributed by atoms with Gasteiger partial charge in [0.15, 0.2) is 5.58 Å². The van der Waals surface area contributed by atoms with E-state index in [-0.39, 0.29) is 0 Å². The Labute approximate surface area is 270 Å². The summed E-state index contributed by atoms with van der Waals surface area (Å²) in [6.07, 6.45) is 0. The Morgan fingerprint density at radius 3 is 1.91 bits per heavy atom. The van der Waals surface area contributed by atoms with Crippen molar-refractivity contribution in [3.05, 3.63) is 164 Å². The maximum atomic E-state index is 6.62. The number of para-hydroxylation sites is 3. The fraction of sp³-hybridized carbons (Fsp3) is 0. The molecule has 0 aliphatic heterocycles. The van der Waals surface area contributed by atoms with Gasteiger partial charge in [0, 0.05) is 38.3 Å². The molecule has 3 heteroatoms. The van der Waals surface area contributed by atoms with E-state index in [2.05, 4.69) is 144 Å². The average Bonchev–Trinajstić information content (AvgIpc) is 3.71. The molecular weight excluding hydrogens is 574 g/mol. The summed E-state index contributed by atoms with van der Waals surface area (Å²) in [7, 11) is 0. The second-order valence-corrected chi connectivity index (χ2v) is 12.1. The van der Waals surface area contributed by atoms with Gasteiger partial charge in [-0.05, 0) is 75.8 Å². The molecule has 0 saturated carbocycles. The first kappa shape index (κ1) is 26.0. The van der Waals surface area contributed by atoms with Crippen LogP contribution in [0.1, 0.15) is 0 Å². The van der Waals surface area contributed by atoms with Gasteiger partial charge in [0.2, 0.25) is 0 Å². The van der Waals surface area contributed by atoms with Gasteiger partial charge in [-0.3, -0.25) is 0 Å². The number of anilines is 3. The molecule has 0 saturated heterocycles. The first-order chi connectivity index (χ1) is 23.3. The standard InChI is InChI=1S/C44H27NO2/c1-2-10-28(11-3-1)31-12-8-13-32(26-31)45(38-17-9-16-35-34-14-4-6-18-39(34)47-44(35)38)33-24-22-29-20-21-30-23-25-41-43(42(30)37(29)27-33)36-15-5-7-19-40(36)46-41/h1-27H. The van der Waals surface area contributed by atoms with Crippen LogP contribution in [0.15, 0.2) is 173 Å². The van der Waals surface area contributed by atoms with Crippen LogP contribution < -0.4 is 4.90 Å². The summed E-state index contributed by atoms with van der Waals surface area (Å²) in [4.78, 5) is 2.34. The van der Waals surface area contributed by atoms with Crippen LogP contribution >= 0.6 is 0 Å². The number of rotatable bonds is 4. The van der Waals surface area contributed by atoms with Gasteiger partial charge in [-0.15, -0.1) is 0 Å². The molecular formula is C44H27NO2. The molecule has 0 fully saturated rings. The molecule has 47 heavy (non-hydrogen) atoms. The van der Waals surface area contributed by atoms with Crippen molar-refractivity contribution >= 4 is 82.5 Å². The summed E-state index contributed by atoms with van der Waals surface area (Å²) in [5, 5.41) is 9.24. The van der Waals surface area contributed by atoms with Gasteiger partial charge in [0.1, 0.15) is 16.7 Å².